The van der Waals surface area contributed by atoms with Gasteiger partial charge in [0.15, 0.2) is 23.2 Å². The lowest BCUT2D eigenvalue weighted by Crippen LogP contribution is -2.35. The van der Waals surface area contributed by atoms with Gasteiger partial charge in [-0.15, -0.1) is 5.10 Å². The van der Waals surface area contributed by atoms with Crippen molar-refractivity contribution in [2.75, 3.05) is 25.2 Å². The summed E-state index contributed by atoms with van der Waals surface area (Å²) in [5, 5.41) is 3.49. The number of rotatable bonds is 5. The van der Waals surface area contributed by atoms with Crippen molar-refractivity contribution in [3.05, 3.63) is 52.0 Å². The zero-order valence-corrected chi connectivity index (χ0v) is 15.2. The van der Waals surface area contributed by atoms with Gasteiger partial charge in [0.05, 0.1) is 29.9 Å². The summed E-state index contributed by atoms with van der Waals surface area (Å²) in [5.74, 6) is 4.24. The van der Waals surface area contributed by atoms with Crippen molar-refractivity contribution in [1.29, 1.82) is 0 Å². The number of fused-ring (bicyclic) bond motifs is 1. The predicted octanol–water partition coefficient (Wildman–Crippen LogP) is 2.11. The number of hydrogen-bond acceptors (Lipinski definition) is 6. The second-order valence-corrected chi connectivity index (χ2v) is 6.17. The van der Waals surface area contributed by atoms with Gasteiger partial charge in [0, 0.05) is 12.6 Å². The average Bonchev–Trinajstić information content (AvgIpc) is 2.63. The highest BCUT2D eigenvalue weighted by atomic mass is 35.5. The monoisotopic (exact) mass is 397 g/mol. The maximum atomic E-state index is 14.7. The fourth-order valence-corrected chi connectivity index (χ4v) is 3.13. The van der Waals surface area contributed by atoms with Crippen LogP contribution in [0.2, 0.25) is 5.02 Å². The molecule has 2 aromatic rings. The van der Waals surface area contributed by atoms with E-state index in [-0.39, 0.29) is 28.7 Å². The molecule has 0 spiro atoms. The minimum atomic E-state index is -0.747. The molecule has 144 valence electrons. The molecule has 0 amide bonds. The van der Waals surface area contributed by atoms with Crippen molar-refractivity contribution in [1.82, 2.24) is 5.53 Å². The number of nitrogens with two attached hydrogens (primary N) is 2. The van der Waals surface area contributed by atoms with Crippen LogP contribution in [0.3, 0.4) is 0 Å². The number of halogens is 3. The summed E-state index contributed by atoms with van der Waals surface area (Å²) < 4.78 is 39.3. The van der Waals surface area contributed by atoms with Crippen molar-refractivity contribution >= 4 is 23.1 Å². The number of nitrogens with one attached hydrogen (secondary N) is 1. The molecule has 0 saturated carbocycles. The number of hydrazone groups is 1. The molecule has 0 bridgehead atoms. The van der Waals surface area contributed by atoms with Crippen LogP contribution in [0.15, 0.2) is 29.4 Å². The van der Waals surface area contributed by atoms with Gasteiger partial charge in [0.25, 0.3) is 0 Å². The first-order chi connectivity index (χ1) is 13.0. The van der Waals surface area contributed by atoms with E-state index in [1.165, 1.54) is 25.3 Å². The molecule has 27 heavy (non-hydrogen) atoms. The van der Waals surface area contributed by atoms with Gasteiger partial charge in [0.1, 0.15) is 12.4 Å². The molecular weight excluding hydrogens is 380 g/mol. The Bertz CT molecular complexity index is 894. The molecule has 0 unspecified atom stereocenters. The summed E-state index contributed by atoms with van der Waals surface area (Å²) in [7, 11) is 1.39. The Hall–Kier alpha value is -2.78. The maximum Gasteiger partial charge on any atom is 0.165 e. The van der Waals surface area contributed by atoms with E-state index in [0.717, 1.165) is 0 Å². The molecule has 5 N–H and O–H groups in total. The smallest absolute Gasteiger partial charge is 0.165 e. The summed E-state index contributed by atoms with van der Waals surface area (Å²) in [6.45, 7) is 1.06. The van der Waals surface area contributed by atoms with E-state index >= 15 is 0 Å². The summed E-state index contributed by atoms with van der Waals surface area (Å²) in [5.41, 5.74) is 8.90. The van der Waals surface area contributed by atoms with Gasteiger partial charge in [-0.3, -0.25) is 0 Å². The molecule has 0 saturated heterocycles. The van der Waals surface area contributed by atoms with E-state index in [1.54, 1.807) is 6.07 Å². The van der Waals surface area contributed by atoms with E-state index in [1.807, 2.05) is 10.4 Å². The fourth-order valence-electron chi connectivity index (χ4n) is 2.94. The minimum Gasteiger partial charge on any atom is -0.494 e. The molecule has 1 heterocycles. The number of anilines is 1. The fraction of sp³-hybridized carbons (Fsp3) is 0.235. The summed E-state index contributed by atoms with van der Waals surface area (Å²) in [6, 6.07) is 5.99. The van der Waals surface area contributed by atoms with Gasteiger partial charge in [-0.2, -0.15) is 0 Å². The van der Waals surface area contributed by atoms with Gasteiger partial charge >= 0.3 is 0 Å². The Kier molecular flexibility index (Phi) is 5.52. The predicted molar refractivity (Wildman–Crippen MR) is 99.0 cm³/mol. The first-order valence-corrected chi connectivity index (χ1v) is 8.35. The molecule has 10 heteroatoms. The first-order valence-electron chi connectivity index (χ1n) is 7.97. The summed E-state index contributed by atoms with van der Waals surface area (Å²) >= 11 is 5.96. The van der Waals surface area contributed by atoms with Crippen LogP contribution in [0, 0.1) is 11.6 Å². The van der Waals surface area contributed by atoms with Crippen LogP contribution in [0.4, 0.5) is 14.5 Å². The summed E-state index contributed by atoms with van der Waals surface area (Å²) in [6.07, 6.45) is 0. The molecule has 3 rings (SSSR count). The van der Waals surface area contributed by atoms with E-state index in [4.69, 9.17) is 32.7 Å². The van der Waals surface area contributed by atoms with Gasteiger partial charge in [-0.05, 0) is 17.7 Å². The lowest BCUT2D eigenvalue weighted by atomic mass is 10.1. The number of hydrazine groups is 1. The van der Waals surface area contributed by atoms with E-state index in [9.17, 15) is 8.78 Å². The third-order valence-corrected chi connectivity index (χ3v) is 4.40. The van der Waals surface area contributed by atoms with Crippen LogP contribution >= 0.6 is 11.6 Å². The third-order valence-electron chi connectivity index (χ3n) is 4.12. The number of amidine groups is 1. The summed E-state index contributed by atoms with van der Waals surface area (Å²) in [4.78, 5) is 1.81. The van der Waals surface area contributed by atoms with Gasteiger partial charge in [-0.1, -0.05) is 17.7 Å². The van der Waals surface area contributed by atoms with Gasteiger partial charge < -0.3 is 20.1 Å². The molecule has 0 atom stereocenters. The zero-order chi connectivity index (χ0) is 19.6. The number of ether oxygens (including phenoxy) is 2. The maximum absolute atomic E-state index is 14.7. The van der Waals surface area contributed by atoms with Crippen LogP contribution in [-0.4, -0.2) is 26.1 Å². The number of hydrogen-bond donors (Lipinski definition) is 3. The minimum absolute atomic E-state index is 0.0378. The van der Waals surface area contributed by atoms with Crippen LogP contribution in [-0.2, 0) is 6.54 Å². The second kappa shape index (κ2) is 7.85. The third kappa shape index (κ3) is 3.69. The number of nitrogens with zero attached hydrogens (tertiary/aromatic N) is 2. The highest BCUT2D eigenvalue weighted by Gasteiger charge is 2.28. The molecule has 0 aromatic heterocycles. The van der Waals surface area contributed by atoms with E-state index in [0.29, 0.717) is 30.2 Å². The molecule has 7 nitrogen and oxygen atoms in total. The Labute approximate surface area is 159 Å². The number of methoxy groups -OCH3 is 1. The Morgan fingerprint density at radius 2 is 2.19 bits per heavy atom. The van der Waals surface area contributed by atoms with Crippen molar-refractivity contribution in [3.63, 3.8) is 0 Å². The van der Waals surface area contributed by atoms with Crippen LogP contribution in [0.25, 0.3) is 0 Å². The van der Waals surface area contributed by atoms with Crippen molar-refractivity contribution < 1.29 is 18.3 Å². The first kappa shape index (κ1) is 19.0. The van der Waals surface area contributed by atoms with Crippen molar-refractivity contribution in [3.8, 4) is 11.5 Å². The Morgan fingerprint density at radius 3 is 2.85 bits per heavy atom. The van der Waals surface area contributed by atoms with E-state index < -0.39 is 11.6 Å². The standard InChI is InChI=1S/C17H18ClF2N5O2/c1-26-12-3-2-9(6-11(12)19)8-25-4-5-27-13-7-10(18)15(20)14(16(13)25)17(21)23-24-22/h2-3,6-7,24H,4-5,8,22H2,1H3,(H2,21,23). The molecular formula is C17H18ClF2N5O2. The lowest BCUT2D eigenvalue weighted by molar-refractivity contribution is 0.306. The van der Waals surface area contributed by atoms with Gasteiger partial charge in [0.2, 0.25) is 0 Å². The SMILES string of the molecule is COc1ccc(CN2CCOc3cc(Cl)c(F)c(/C(N)=N/NN)c32)cc1F. The quantitative estimate of drug-likeness (QED) is 0.309. The average molecular weight is 398 g/mol. The van der Waals surface area contributed by atoms with Crippen molar-refractivity contribution in [2.24, 2.45) is 16.7 Å². The Morgan fingerprint density at radius 1 is 1.41 bits per heavy atom. The molecule has 1 aliphatic heterocycles. The second-order valence-electron chi connectivity index (χ2n) is 5.76. The zero-order valence-electron chi connectivity index (χ0n) is 14.4. The highest BCUT2D eigenvalue weighted by Crippen LogP contribution is 2.40. The van der Waals surface area contributed by atoms with Crippen LogP contribution in [0.1, 0.15) is 11.1 Å². The molecule has 2 aromatic carbocycles. The topological polar surface area (TPSA) is 98.1 Å². The molecule has 0 fully saturated rings. The van der Waals surface area contributed by atoms with Crippen LogP contribution < -0.4 is 31.5 Å². The normalized spacial score (nSPS) is 13.8. The molecule has 0 aliphatic carbocycles. The largest absolute Gasteiger partial charge is 0.494 e. The van der Waals surface area contributed by atoms with Crippen LogP contribution in [0.5, 0.6) is 11.5 Å². The molecule has 1 aliphatic rings. The number of benzene rings is 2. The van der Waals surface area contributed by atoms with E-state index in [2.05, 4.69) is 5.10 Å². The highest BCUT2D eigenvalue weighted by molar-refractivity contribution is 6.31. The van der Waals surface area contributed by atoms with Gasteiger partial charge in [-0.25, -0.2) is 20.2 Å². The lowest BCUT2D eigenvalue weighted by Gasteiger charge is -2.33. The Balaban J connectivity index is 2.06. The van der Waals surface area contributed by atoms with Crippen molar-refractivity contribution in [2.45, 2.75) is 6.54 Å². The molecule has 0 radical (unpaired) electrons.